The van der Waals surface area contributed by atoms with Crippen LogP contribution in [-0.4, -0.2) is 35.6 Å². The third-order valence-electron chi connectivity index (χ3n) is 5.91. The third kappa shape index (κ3) is 3.35. The van der Waals surface area contributed by atoms with Gasteiger partial charge in [-0.15, -0.1) is 11.3 Å². The van der Waals surface area contributed by atoms with E-state index in [0.717, 1.165) is 27.9 Å². The summed E-state index contributed by atoms with van der Waals surface area (Å²) in [5.41, 5.74) is 0.379. The van der Waals surface area contributed by atoms with Crippen molar-refractivity contribution in [2.24, 2.45) is 0 Å². The Labute approximate surface area is 197 Å². The van der Waals surface area contributed by atoms with Crippen molar-refractivity contribution in [2.45, 2.75) is 24.7 Å². The molecule has 0 spiro atoms. The summed E-state index contributed by atoms with van der Waals surface area (Å²) in [6.45, 7) is 1.82. The molecule has 0 amide bonds. The first kappa shape index (κ1) is 22.1. The Bertz CT molecular complexity index is 1700. The summed E-state index contributed by atoms with van der Waals surface area (Å²) in [4.78, 5) is 40.1. The van der Waals surface area contributed by atoms with Gasteiger partial charge in [-0.2, -0.15) is 0 Å². The number of aromatic nitrogens is 2. The van der Waals surface area contributed by atoms with E-state index in [1.165, 1.54) is 35.5 Å². The second kappa shape index (κ2) is 7.96. The van der Waals surface area contributed by atoms with Crippen LogP contribution in [0.5, 0.6) is 0 Å². The minimum Gasteiger partial charge on any atom is -0.477 e. The number of aromatic amines is 1. The number of carboxylic acid groups (broad SMARTS) is 1. The maximum Gasteiger partial charge on any atom is 0.346 e. The van der Waals surface area contributed by atoms with Crippen LogP contribution in [0.25, 0.3) is 15.9 Å². The summed E-state index contributed by atoms with van der Waals surface area (Å²) in [6, 6.07) is 13.0. The summed E-state index contributed by atoms with van der Waals surface area (Å²) in [5, 5.41) is 9.45. The Morgan fingerprint density at radius 1 is 1.12 bits per heavy atom. The number of fused-ring (bicyclic) bond motifs is 2. The lowest BCUT2D eigenvalue weighted by molar-refractivity contribution is 0.0701. The highest BCUT2D eigenvalue weighted by Crippen LogP contribution is 2.32. The molecule has 5 rings (SSSR count). The third-order valence-corrected chi connectivity index (χ3v) is 8.92. The van der Waals surface area contributed by atoms with Crippen molar-refractivity contribution in [3.63, 3.8) is 0 Å². The van der Waals surface area contributed by atoms with Crippen LogP contribution in [0.2, 0.25) is 0 Å². The molecule has 0 fully saturated rings. The lowest BCUT2D eigenvalue weighted by Crippen LogP contribution is -2.36. The highest BCUT2D eigenvalue weighted by atomic mass is 32.2. The molecule has 0 bridgehead atoms. The van der Waals surface area contributed by atoms with E-state index >= 15 is 0 Å². The molecule has 1 aliphatic rings. The number of rotatable bonds is 4. The Morgan fingerprint density at radius 2 is 1.88 bits per heavy atom. The van der Waals surface area contributed by atoms with Crippen molar-refractivity contribution in [2.75, 3.05) is 10.8 Å². The molecule has 34 heavy (non-hydrogen) atoms. The van der Waals surface area contributed by atoms with Gasteiger partial charge in [-0.05, 0) is 55.2 Å². The molecule has 11 heteroatoms. The summed E-state index contributed by atoms with van der Waals surface area (Å²) < 4.78 is 29.3. The summed E-state index contributed by atoms with van der Waals surface area (Å²) in [6.07, 6.45) is 1.46. The maximum absolute atomic E-state index is 13.5. The van der Waals surface area contributed by atoms with Crippen molar-refractivity contribution in [3.8, 4) is 5.69 Å². The highest BCUT2D eigenvalue weighted by Gasteiger charge is 2.29. The monoisotopic (exact) mass is 497 g/mol. The topological polar surface area (TPSA) is 130 Å². The number of thiophene rings is 1. The van der Waals surface area contributed by atoms with Crippen LogP contribution in [0.1, 0.15) is 27.2 Å². The van der Waals surface area contributed by atoms with Crippen molar-refractivity contribution in [3.05, 3.63) is 85.4 Å². The van der Waals surface area contributed by atoms with Gasteiger partial charge in [-0.1, -0.05) is 24.3 Å². The molecular formula is C23H19N3O6S2. The molecule has 0 saturated carbocycles. The molecule has 0 radical (unpaired) electrons. The number of H-pyrrole nitrogens is 1. The zero-order valence-corrected chi connectivity index (χ0v) is 19.6. The van der Waals surface area contributed by atoms with Crippen LogP contribution in [0.3, 0.4) is 0 Å². The zero-order valence-electron chi connectivity index (χ0n) is 17.9. The van der Waals surface area contributed by atoms with E-state index in [1.807, 2.05) is 12.1 Å². The molecule has 0 aliphatic carbocycles. The largest absolute Gasteiger partial charge is 0.477 e. The second-order valence-electron chi connectivity index (χ2n) is 7.94. The Kier molecular flexibility index (Phi) is 5.18. The predicted molar refractivity (Wildman–Crippen MR) is 129 cm³/mol. The van der Waals surface area contributed by atoms with E-state index in [9.17, 15) is 27.9 Å². The van der Waals surface area contributed by atoms with E-state index in [0.29, 0.717) is 18.7 Å². The average molecular weight is 498 g/mol. The number of sulfonamides is 1. The Morgan fingerprint density at radius 3 is 2.65 bits per heavy atom. The number of aromatic carboxylic acids is 1. The number of carbonyl (C=O) groups is 1. The van der Waals surface area contributed by atoms with Gasteiger partial charge < -0.3 is 5.11 Å². The van der Waals surface area contributed by atoms with Crippen LogP contribution in [0.4, 0.5) is 5.69 Å². The normalized spacial score (nSPS) is 13.7. The molecule has 4 aromatic rings. The van der Waals surface area contributed by atoms with E-state index in [2.05, 4.69) is 4.98 Å². The van der Waals surface area contributed by atoms with E-state index in [-0.39, 0.29) is 31.2 Å². The highest BCUT2D eigenvalue weighted by molar-refractivity contribution is 7.92. The van der Waals surface area contributed by atoms with Gasteiger partial charge in [0.1, 0.15) is 9.71 Å². The number of para-hydroxylation sites is 1. The zero-order chi connectivity index (χ0) is 24.2. The van der Waals surface area contributed by atoms with E-state index in [1.54, 1.807) is 12.1 Å². The number of carboxylic acids is 1. The smallest absolute Gasteiger partial charge is 0.346 e. The van der Waals surface area contributed by atoms with Gasteiger partial charge in [-0.25, -0.2) is 22.6 Å². The number of aryl methyl sites for hydroxylation is 2. The number of hydrogen-bond donors (Lipinski definition) is 2. The second-order valence-corrected chi connectivity index (χ2v) is 10.8. The molecule has 0 saturated heterocycles. The average Bonchev–Trinajstić information content (AvgIpc) is 3.15. The van der Waals surface area contributed by atoms with Crippen LogP contribution in [0.15, 0.2) is 63.0 Å². The predicted octanol–water partition coefficient (Wildman–Crippen LogP) is 2.89. The maximum atomic E-state index is 13.5. The van der Waals surface area contributed by atoms with Crippen molar-refractivity contribution in [1.82, 2.24) is 9.55 Å². The fourth-order valence-corrected chi connectivity index (χ4v) is 6.92. The van der Waals surface area contributed by atoms with Gasteiger partial charge in [-0.3, -0.25) is 14.1 Å². The molecule has 3 heterocycles. The van der Waals surface area contributed by atoms with Crippen LogP contribution < -0.4 is 15.6 Å². The quantitative estimate of drug-likeness (QED) is 0.446. The minimum atomic E-state index is -3.96. The number of hydrogen-bond acceptors (Lipinski definition) is 6. The van der Waals surface area contributed by atoms with Crippen molar-refractivity contribution >= 4 is 43.2 Å². The molecule has 1 aliphatic heterocycles. The molecule has 174 valence electrons. The van der Waals surface area contributed by atoms with Crippen molar-refractivity contribution < 1.29 is 18.3 Å². The Balaban J connectivity index is 1.66. The SMILES string of the molecule is Cc1c(C(=O)O)sc2[nH]c(=O)n(-c3cccc(S(=O)(=O)N4CCCc5ccccc54)c3)c(=O)c12. The first-order chi connectivity index (χ1) is 16.2. The number of nitrogens with one attached hydrogen (secondary N) is 1. The molecule has 0 atom stereocenters. The first-order valence-corrected chi connectivity index (χ1v) is 12.7. The van der Waals surface area contributed by atoms with E-state index in [4.69, 9.17) is 0 Å². The molecule has 2 aromatic heterocycles. The first-order valence-electron chi connectivity index (χ1n) is 10.4. The molecule has 2 N–H and O–H groups in total. The van der Waals surface area contributed by atoms with Crippen LogP contribution >= 0.6 is 11.3 Å². The van der Waals surface area contributed by atoms with E-state index < -0.39 is 27.2 Å². The summed E-state index contributed by atoms with van der Waals surface area (Å²) >= 11 is 0.813. The van der Waals surface area contributed by atoms with Crippen LogP contribution in [0, 0.1) is 6.92 Å². The van der Waals surface area contributed by atoms with Crippen molar-refractivity contribution in [1.29, 1.82) is 0 Å². The molecule has 9 nitrogen and oxygen atoms in total. The number of anilines is 1. The number of nitrogens with zero attached hydrogens (tertiary/aromatic N) is 2. The molecular weight excluding hydrogens is 478 g/mol. The van der Waals surface area contributed by atoms with Crippen LogP contribution in [-0.2, 0) is 16.4 Å². The fourth-order valence-electron chi connectivity index (χ4n) is 4.31. The fraction of sp³-hybridized carbons (Fsp3) is 0.174. The minimum absolute atomic E-state index is 0.0411. The summed E-state index contributed by atoms with van der Waals surface area (Å²) in [5.74, 6) is -1.19. The van der Waals surface area contributed by atoms with Gasteiger partial charge >= 0.3 is 11.7 Å². The standard InChI is InChI=1S/C23H19N3O6S2/c1-13-18-20(33-19(13)22(28)29)24-23(30)26(21(18)27)15-8-4-9-16(12-15)34(31,32)25-11-5-7-14-6-2-3-10-17(14)25/h2-4,6,8-10,12H,5,7,11H2,1H3,(H,24,30)(H,28,29). The molecule has 0 unspecified atom stereocenters. The van der Waals surface area contributed by atoms with Gasteiger partial charge in [0.2, 0.25) is 0 Å². The summed E-state index contributed by atoms with van der Waals surface area (Å²) in [7, 11) is -3.96. The van der Waals surface area contributed by atoms with Gasteiger partial charge in [0.25, 0.3) is 15.6 Å². The van der Waals surface area contributed by atoms with Gasteiger partial charge in [0.15, 0.2) is 0 Å². The lowest BCUT2D eigenvalue weighted by atomic mass is 10.0. The molecule has 2 aromatic carbocycles. The van der Waals surface area contributed by atoms with Gasteiger partial charge in [0, 0.05) is 6.54 Å². The lowest BCUT2D eigenvalue weighted by Gasteiger charge is -2.30. The number of benzene rings is 2. The Hall–Kier alpha value is -3.70. The van der Waals surface area contributed by atoms with Gasteiger partial charge in [0.05, 0.1) is 21.7 Å².